The molecule has 0 aliphatic carbocycles. The van der Waals surface area contributed by atoms with Gasteiger partial charge in [0.05, 0.1) is 0 Å². The fraction of sp³-hybridized carbons (Fsp3) is 0.176. The van der Waals surface area contributed by atoms with E-state index in [1.54, 1.807) is 19.1 Å². The third-order valence-corrected chi connectivity index (χ3v) is 4.54. The molecule has 0 saturated carbocycles. The number of amides is 1. The number of halogens is 1. The molecule has 6 heteroatoms. The van der Waals surface area contributed by atoms with Crippen molar-refractivity contribution in [2.45, 2.75) is 12.2 Å². The zero-order valence-electron chi connectivity index (χ0n) is 12.5. The SMILES string of the molecule is CCNC(=O)SC(C(=O)O)c1ccc(-c2ccccc2)cc1Cl. The lowest BCUT2D eigenvalue weighted by atomic mass is 10.0. The Morgan fingerprint density at radius 2 is 1.87 bits per heavy atom. The summed E-state index contributed by atoms with van der Waals surface area (Å²) in [6.45, 7) is 2.22. The molecular weight excluding hydrogens is 334 g/mol. The fourth-order valence-corrected chi connectivity index (χ4v) is 3.32. The van der Waals surface area contributed by atoms with Gasteiger partial charge >= 0.3 is 5.97 Å². The lowest BCUT2D eigenvalue weighted by Gasteiger charge is -2.14. The maximum Gasteiger partial charge on any atom is 0.321 e. The van der Waals surface area contributed by atoms with Crippen molar-refractivity contribution >= 4 is 34.6 Å². The van der Waals surface area contributed by atoms with Crippen LogP contribution in [0.15, 0.2) is 48.5 Å². The van der Waals surface area contributed by atoms with Crippen LogP contribution in [0.25, 0.3) is 11.1 Å². The van der Waals surface area contributed by atoms with E-state index in [0.29, 0.717) is 28.9 Å². The summed E-state index contributed by atoms with van der Waals surface area (Å²) >= 11 is 6.98. The van der Waals surface area contributed by atoms with Crippen molar-refractivity contribution in [3.8, 4) is 11.1 Å². The summed E-state index contributed by atoms with van der Waals surface area (Å²) in [6.07, 6.45) is 0. The Morgan fingerprint density at radius 3 is 2.43 bits per heavy atom. The van der Waals surface area contributed by atoms with Crippen molar-refractivity contribution in [3.05, 3.63) is 59.1 Å². The molecule has 2 aromatic carbocycles. The Morgan fingerprint density at radius 1 is 1.17 bits per heavy atom. The molecule has 0 fully saturated rings. The van der Waals surface area contributed by atoms with E-state index in [-0.39, 0.29) is 5.24 Å². The monoisotopic (exact) mass is 349 g/mol. The number of carbonyl (C=O) groups excluding carboxylic acids is 1. The smallest absolute Gasteiger partial charge is 0.321 e. The standard InChI is InChI=1S/C17H16ClNO3S/c1-2-19-17(22)23-15(16(20)21)13-9-8-12(10-14(13)18)11-6-4-3-5-7-11/h3-10,15H,2H2,1H3,(H,19,22)(H,20,21). The number of rotatable bonds is 5. The second-order valence-corrected chi connectivity index (χ2v) is 6.24. The van der Waals surface area contributed by atoms with E-state index < -0.39 is 11.2 Å². The largest absolute Gasteiger partial charge is 0.480 e. The average molecular weight is 350 g/mol. The third kappa shape index (κ3) is 4.50. The third-order valence-electron chi connectivity index (χ3n) is 3.16. The number of carbonyl (C=O) groups is 2. The van der Waals surface area contributed by atoms with Crippen LogP contribution < -0.4 is 5.32 Å². The number of aliphatic carboxylic acids is 1. The molecule has 2 rings (SSSR count). The lowest BCUT2D eigenvalue weighted by molar-refractivity contribution is -0.136. The van der Waals surface area contributed by atoms with E-state index in [4.69, 9.17) is 11.6 Å². The Labute approximate surface area is 143 Å². The molecule has 1 amide bonds. The molecule has 0 aliphatic rings. The second-order valence-electron chi connectivity index (χ2n) is 4.76. The normalized spacial score (nSPS) is 11.7. The summed E-state index contributed by atoms with van der Waals surface area (Å²) in [4.78, 5) is 23.2. The quantitative estimate of drug-likeness (QED) is 0.828. The van der Waals surface area contributed by atoms with E-state index in [1.165, 1.54) is 0 Å². The number of benzene rings is 2. The first-order valence-electron chi connectivity index (χ1n) is 7.05. The molecule has 0 bridgehead atoms. The van der Waals surface area contributed by atoms with Crippen molar-refractivity contribution in [1.29, 1.82) is 0 Å². The van der Waals surface area contributed by atoms with E-state index in [0.717, 1.165) is 11.1 Å². The zero-order chi connectivity index (χ0) is 16.8. The Hall–Kier alpha value is -1.98. The molecule has 0 spiro atoms. The van der Waals surface area contributed by atoms with Crippen molar-refractivity contribution in [1.82, 2.24) is 5.32 Å². The first kappa shape index (κ1) is 17.4. The van der Waals surface area contributed by atoms with Gasteiger partial charge in [-0.1, -0.05) is 54.1 Å². The Balaban J connectivity index is 2.30. The van der Waals surface area contributed by atoms with Gasteiger partial charge in [0, 0.05) is 11.6 Å². The maximum absolute atomic E-state index is 11.7. The van der Waals surface area contributed by atoms with Gasteiger partial charge < -0.3 is 10.4 Å². The molecule has 2 N–H and O–H groups in total. The molecule has 23 heavy (non-hydrogen) atoms. The number of hydrogen-bond acceptors (Lipinski definition) is 3. The van der Waals surface area contributed by atoms with Gasteiger partial charge in [-0.2, -0.15) is 0 Å². The van der Waals surface area contributed by atoms with Gasteiger partial charge in [0.1, 0.15) is 5.25 Å². The van der Waals surface area contributed by atoms with Crippen molar-refractivity contribution < 1.29 is 14.7 Å². The first-order chi connectivity index (χ1) is 11.0. The van der Waals surface area contributed by atoms with E-state index >= 15 is 0 Å². The summed E-state index contributed by atoms with van der Waals surface area (Å²) in [6, 6.07) is 14.8. The van der Waals surface area contributed by atoms with Crippen molar-refractivity contribution in [3.63, 3.8) is 0 Å². The van der Waals surface area contributed by atoms with E-state index in [9.17, 15) is 14.7 Å². The second kappa shape index (κ2) is 8.04. The highest BCUT2D eigenvalue weighted by Crippen LogP contribution is 2.36. The highest BCUT2D eigenvalue weighted by molar-refractivity contribution is 8.14. The topological polar surface area (TPSA) is 66.4 Å². The van der Waals surface area contributed by atoms with Crippen LogP contribution in [0.3, 0.4) is 0 Å². The van der Waals surface area contributed by atoms with Gasteiger partial charge in [-0.05, 0) is 41.4 Å². The predicted molar refractivity (Wildman–Crippen MR) is 93.9 cm³/mol. The van der Waals surface area contributed by atoms with Crippen LogP contribution in [0.2, 0.25) is 5.02 Å². The molecule has 2 aromatic rings. The van der Waals surface area contributed by atoms with E-state index in [2.05, 4.69) is 5.32 Å². The van der Waals surface area contributed by atoms with Crippen LogP contribution in [0.5, 0.6) is 0 Å². The lowest BCUT2D eigenvalue weighted by Crippen LogP contribution is -2.21. The molecule has 0 radical (unpaired) electrons. The van der Waals surface area contributed by atoms with Crippen LogP contribution >= 0.6 is 23.4 Å². The predicted octanol–water partition coefficient (Wildman–Crippen LogP) is 4.60. The minimum Gasteiger partial charge on any atom is -0.480 e. The first-order valence-corrected chi connectivity index (χ1v) is 8.31. The number of hydrogen-bond donors (Lipinski definition) is 2. The van der Waals surface area contributed by atoms with Gasteiger partial charge in [0.15, 0.2) is 0 Å². The van der Waals surface area contributed by atoms with Crippen molar-refractivity contribution in [2.24, 2.45) is 0 Å². The van der Waals surface area contributed by atoms with Crippen LogP contribution in [-0.4, -0.2) is 22.9 Å². The molecule has 0 heterocycles. The van der Waals surface area contributed by atoms with Crippen LogP contribution in [0.4, 0.5) is 4.79 Å². The van der Waals surface area contributed by atoms with Gasteiger partial charge in [-0.25, -0.2) is 0 Å². The summed E-state index contributed by atoms with van der Waals surface area (Å²) < 4.78 is 0. The van der Waals surface area contributed by atoms with E-state index in [1.807, 2.05) is 36.4 Å². The average Bonchev–Trinajstić information content (AvgIpc) is 2.54. The summed E-state index contributed by atoms with van der Waals surface area (Å²) in [5.41, 5.74) is 2.30. The summed E-state index contributed by atoms with van der Waals surface area (Å²) in [5.74, 6) is -1.10. The number of thioether (sulfide) groups is 1. The van der Waals surface area contributed by atoms with Crippen LogP contribution in [-0.2, 0) is 4.79 Å². The van der Waals surface area contributed by atoms with Crippen molar-refractivity contribution in [2.75, 3.05) is 6.54 Å². The molecule has 0 aliphatic heterocycles. The Bertz CT molecular complexity index is 706. The van der Waals surface area contributed by atoms with Crippen LogP contribution in [0, 0.1) is 0 Å². The molecule has 0 aromatic heterocycles. The molecule has 4 nitrogen and oxygen atoms in total. The highest BCUT2D eigenvalue weighted by atomic mass is 35.5. The maximum atomic E-state index is 11.7. The van der Waals surface area contributed by atoms with Gasteiger partial charge in [0.2, 0.25) is 0 Å². The fourth-order valence-electron chi connectivity index (χ4n) is 2.09. The molecular formula is C17H16ClNO3S. The van der Waals surface area contributed by atoms with Gasteiger partial charge in [-0.15, -0.1) is 0 Å². The molecule has 120 valence electrons. The number of carboxylic acid groups (broad SMARTS) is 1. The minimum absolute atomic E-state index is 0.329. The van der Waals surface area contributed by atoms with Crippen LogP contribution in [0.1, 0.15) is 17.7 Å². The zero-order valence-corrected chi connectivity index (χ0v) is 14.0. The van der Waals surface area contributed by atoms with Gasteiger partial charge in [0.25, 0.3) is 5.24 Å². The molecule has 0 saturated heterocycles. The van der Waals surface area contributed by atoms with Gasteiger partial charge in [-0.3, -0.25) is 9.59 Å². The number of carboxylic acids is 1. The Kier molecular flexibility index (Phi) is 6.07. The summed E-state index contributed by atoms with van der Waals surface area (Å²) in [7, 11) is 0. The summed E-state index contributed by atoms with van der Waals surface area (Å²) in [5, 5.41) is 10.9. The molecule has 1 unspecified atom stereocenters. The number of nitrogens with one attached hydrogen (secondary N) is 1. The highest BCUT2D eigenvalue weighted by Gasteiger charge is 2.26. The molecule has 1 atom stereocenters. The minimum atomic E-state index is -1.10.